The van der Waals surface area contributed by atoms with Crippen LogP contribution in [-0.2, 0) is 0 Å². The lowest BCUT2D eigenvalue weighted by Gasteiger charge is -2.28. The van der Waals surface area contributed by atoms with Crippen molar-refractivity contribution in [2.75, 3.05) is 98.6 Å². The molecule has 0 aliphatic heterocycles. The van der Waals surface area contributed by atoms with Crippen LogP contribution in [-0.4, -0.2) is 98.6 Å². The second-order valence-electron chi connectivity index (χ2n) is 22.6. The number of hydrogen-bond donors (Lipinski definition) is 0. The molecule has 0 bridgehead atoms. The van der Waals surface area contributed by atoms with E-state index in [1.807, 2.05) is 0 Å². The first-order valence-corrected chi connectivity index (χ1v) is 42.5. The number of halogens is 4. The summed E-state index contributed by atoms with van der Waals surface area (Å²) < 4.78 is 0. The fraction of sp³-hybridized carbons (Fsp3) is 1.00. The highest BCUT2D eigenvalue weighted by Crippen LogP contribution is 2.64. The molecule has 0 spiro atoms. The van der Waals surface area contributed by atoms with Crippen LogP contribution in [0.4, 0.5) is 0 Å². The average Bonchev–Trinajstić information content (AvgIpc) is 3.37. The van der Waals surface area contributed by atoms with E-state index in [2.05, 4.69) is 111 Å². The highest BCUT2D eigenvalue weighted by molar-refractivity contribution is 7.76. The van der Waals surface area contributed by atoms with Crippen LogP contribution in [0.2, 0.25) is 0 Å². The van der Waals surface area contributed by atoms with Crippen molar-refractivity contribution in [3.05, 3.63) is 0 Å². The standard InChI is InChI=1S/4C16H36P.4BrH/c4*1-5-9-13-17(14-10-6-2,15-11-7-3)16-12-8-4;;;;/h4*5-16H2,1-4H3;4*1H/q4*+1;;;;/p-4. The maximum Gasteiger partial charge on any atom is 0.0594 e. The summed E-state index contributed by atoms with van der Waals surface area (Å²) in [6.07, 6.45) is 71.8. The van der Waals surface area contributed by atoms with E-state index in [-0.39, 0.29) is 67.9 Å². The molecule has 0 saturated carbocycles. The molecule has 0 aliphatic rings. The van der Waals surface area contributed by atoms with Crippen molar-refractivity contribution in [1.29, 1.82) is 0 Å². The van der Waals surface area contributed by atoms with E-state index in [1.54, 1.807) is 98.6 Å². The molecule has 0 fully saturated rings. The Kier molecular flexibility index (Phi) is 90.5. The van der Waals surface area contributed by atoms with Crippen LogP contribution < -0.4 is 67.9 Å². The largest absolute Gasteiger partial charge is 1.00 e. The summed E-state index contributed by atoms with van der Waals surface area (Å²) >= 11 is 0. The lowest BCUT2D eigenvalue weighted by molar-refractivity contribution is -0.00100. The summed E-state index contributed by atoms with van der Waals surface area (Å²) in [6, 6.07) is 0. The highest BCUT2D eigenvalue weighted by atomic mass is 79.9. The fourth-order valence-corrected chi connectivity index (χ4v) is 31.7. The molecular formula is C64H144Br4P4. The molecule has 0 aromatic rings. The van der Waals surface area contributed by atoms with E-state index in [0.29, 0.717) is 0 Å². The van der Waals surface area contributed by atoms with Gasteiger partial charge in [-0.3, -0.25) is 0 Å². The number of rotatable bonds is 48. The van der Waals surface area contributed by atoms with Crippen molar-refractivity contribution in [2.24, 2.45) is 0 Å². The van der Waals surface area contributed by atoms with Gasteiger partial charge in [0.2, 0.25) is 0 Å². The van der Waals surface area contributed by atoms with Crippen LogP contribution in [0.25, 0.3) is 0 Å². The molecule has 72 heavy (non-hydrogen) atoms. The van der Waals surface area contributed by atoms with Crippen molar-refractivity contribution in [3.63, 3.8) is 0 Å². The maximum atomic E-state index is 2.36. The van der Waals surface area contributed by atoms with Gasteiger partial charge in [-0.1, -0.05) is 214 Å². The van der Waals surface area contributed by atoms with Gasteiger partial charge >= 0.3 is 0 Å². The monoisotopic (exact) mass is 1350 g/mol. The van der Waals surface area contributed by atoms with Crippen LogP contribution in [0.15, 0.2) is 0 Å². The summed E-state index contributed by atoms with van der Waals surface area (Å²) in [5, 5.41) is 0. The third-order valence-corrected chi connectivity index (χ3v) is 36.0. The first kappa shape index (κ1) is 92.1. The van der Waals surface area contributed by atoms with Crippen LogP contribution in [0, 0.1) is 0 Å². The maximum absolute atomic E-state index is 2.36. The van der Waals surface area contributed by atoms with Crippen molar-refractivity contribution in [2.45, 2.75) is 316 Å². The Bertz CT molecular complexity index is 631. The molecule has 0 aromatic heterocycles. The molecule has 0 radical (unpaired) electrons. The zero-order valence-corrected chi connectivity index (χ0v) is 63.2. The van der Waals surface area contributed by atoms with E-state index in [4.69, 9.17) is 0 Å². The smallest absolute Gasteiger partial charge is 0.0594 e. The predicted octanol–water partition coefficient (Wildman–Crippen LogP) is 12.8. The van der Waals surface area contributed by atoms with Gasteiger partial charge in [-0.15, -0.1) is 0 Å². The highest BCUT2D eigenvalue weighted by Gasteiger charge is 2.37. The molecule has 0 unspecified atom stereocenters. The first-order chi connectivity index (χ1) is 33.0. The Balaban J connectivity index is -0.000000124. The molecule has 0 atom stereocenters. The number of unbranched alkanes of at least 4 members (excludes halogenated alkanes) is 16. The summed E-state index contributed by atoms with van der Waals surface area (Å²) in [5.74, 6) is 0. The lowest BCUT2D eigenvalue weighted by Crippen LogP contribution is -3.00. The van der Waals surface area contributed by atoms with Crippen molar-refractivity contribution >= 4 is 29.0 Å². The Morgan fingerprint density at radius 1 is 0.125 bits per heavy atom. The van der Waals surface area contributed by atoms with Gasteiger partial charge in [0, 0.05) is 29.0 Å². The molecule has 448 valence electrons. The minimum Gasteiger partial charge on any atom is -1.00 e. The minimum absolute atomic E-state index is 0. The molecule has 0 heterocycles. The van der Waals surface area contributed by atoms with Crippen molar-refractivity contribution in [3.8, 4) is 0 Å². The summed E-state index contributed by atoms with van der Waals surface area (Å²) in [7, 11) is -2.25. The average molecular weight is 1360 g/mol. The van der Waals surface area contributed by atoms with Gasteiger partial charge in [-0.2, -0.15) is 0 Å². The van der Waals surface area contributed by atoms with Crippen LogP contribution >= 0.6 is 29.0 Å². The van der Waals surface area contributed by atoms with E-state index in [1.165, 1.54) is 205 Å². The van der Waals surface area contributed by atoms with Crippen LogP contribution in [0.5, 0.6) is 0 Å². The summed E-state index contributed by atoms with van der Waals surface area (Å²) in [5.41, 5.74) is 0. The van der Waals surface area contributed by atoms with Crippen molar-refractivity contribution < 1.29 is 67.9 Å². The van der Waals surface area contributed by atoms with Gasteiger partial charge in [-0.05, 0) is 103 Å². The quantitative estimate of drug-likeness (QED) is 0.0533. The Labute approximate surface area is 507 Å². The topological polar surface area (TPSA) is 0 Å². The molecule has 0 aromatic carbocycles. The van der Waals surface area contributed by atoms with E-state index < -0.39 is 29.0 Å². The predicted molar refractivity (Wildman–Crippen MR) is 344 cm³/mol. The lowest BCUT2D eigenvalue weighted by atomic mass is 10.4. The van der Waals surface area contributed by atoms with E-state index in [0.717, 1.165) is 0 Å². The Morgan fingerprint density at radius 3 is 0.222 bits per heavy atom. The molecule has 0 N–H and O–H groups in total. The molecule has 0 nitrogen and oxygen atoms in total. The number of hydrogen-bond acceptors (Lipinski definition) is 0. The molecule has 0 aliphatic carbocycles. The third-order valence-electron chi connectivity index (χ3n) is 15.8. The van der Waals surface area contributed by atoms with Crippen LogP contribution in [0.1, 0.15) is 316 Å². The molecule has 8 heteroatoms. The summed E-state index contributed by atoms with van der Waals surface area (Å²) in [6.45, 7) is 37.7. The first-order valence-electron chi connectivity index (χ1n) is 32.4. The summed E-state index contributed by atoms with van der Waals surface area (Å²) in [4.78, 5) is 0. The Hall–Kier alpha value is 3.64. The second-order valence-corrected chi connectivity index (χ2v) is 40.5. The normalized spacial score (nSPS) is 11.3. The SMILES string of the molecule is CCCC[P+](CCCC)(CCCC)CCCC.CCCC[P+](CCCC)(CCCC)CCCC.CCCC[P+](CCCC)(CCCC)CCCC.CCCC[P+](CCCC)(CCCC)CCCC.[Br-].[Br-].[Br-].[Br-]. The van der Waals surface area contributed by atoms with E-state index in [9.17, 15) is 0 Å². The molecular weight excluding hydrogens is 1210 g/mol. The van der Waals surface area contributed by atoms with Crippen molar-refractivity contribution in [1.82, 2.24) is 0 Å². The van der Waals surface area contributed by atoms with Gasteiger partial charge in [-0.25, -0.2) is 0 Å². The van der Waals surface area contributed by atoms with Gasteiger partial charge in [0.15, 0.2) is 0 Å². The zero-order chi connectivity index (χ0) is 51.9. The molecule has 0 amide bonds. The molecule has 0 rings (SSSR count). The van der Waals surface area contributed by atoms with Gasteiger partial charge in [0.05, 0.1) is 98.6 Å². The van der Waals surface area contributed by atoms with Gasteiger partial charge < -0.3 is 67.9 Å². The van der Waals surface area contributed by atoms with Crippen LogP contribution in [0.3, 0.4) is 0 Å². The van der Waals surface area contributed by atoms with Gasteiger partial charge in [0.1, 0.15) is 0 Å². The molecule has 0 saturated heterocycles. The fourth-order valence-electron chi connectivity index (χ4n) is 10.6. The Morgan fingerprint density at radius 2 is 0.181 bits per heavy atom. The van der Waals surface area contributed by atoms with E-state index >= 15 is 0 Å². The van der Waals surface area contributed by atoms with Gasteiger partial charge in [0.25, 0.3) is 0 Å². The third kappa shape index (κ3) is 55.5. The minimum atomic E-state index is -0.562. The second kappa shape index (κ2) is 70.7. The zero-order valence-electron chi connectivity index (χ0n) is 53.2.